The quantitative estimate of drug-likeness (QED) is 0.192. The lowest BCUT2D eigenvalue weighted by atomic mass is 10.00. The van der Waals surface area contributed by atoms with Gasteiger partial charge >= 0.3 is 0 Å². The first-order valence-corrected chi connectivity index (χ1v) is 17.3. The third kappa shape index (κ3) is 3.82. The van der Waals surface area contributed by atoms with Crippen molar-refractivity contribution in [1.82, 2.24) is 19.1 Å². The lowest BCUT2D eigenvalue weighted by molar-refractivity contribution is 1.01. The zero-order chi connectivity index (χ0) is 32.1. The molecule has 0 bridgehead atoms. The van der Waals surface area contributed by atoms with Crippen LogP contribution in [0.25, 0.3) is 88.5 Å². The molecule has 0 saturated carbocycles. The first-order valence-electron chi connectivity index (χ1n) is 16.5. The fourth-order valence-electron chi connectivity index (χ4n) is 7.83. The molecule has 1 aliphatic rings. The molecule has 11 rings (SSSR count). The van der Waals surface area contributed by atoms with Gasteiger partial charge in [0.1, 0.15) is 0 Å². The molecular formula is C44H26N4S. The number of para-hydroxylation sites is 4. The molecule has 0 fully saturated rings. The van der Waals surface area contributed by atoms with Crippen molar-refractivity contribution in [2.45, 2.75) is 9.79 Å². The standard InChI is InChI=1S/C44H26N4S/c1-2-13-27(14-3-1)28-15-12-16-29(25-28)42-30-17-4-7-20-33(30)45-44(46-42)48-35-22-9-5-18-31(35)40-37(48)26-39-43-41(40)32-19-6-8-21-34(32)47(43)36-23-10-11-24-38(36)49-39/h1-26H. The first kappa shape index (κ1) is 26.9. The molecular weight excluding hydrogens is 617 g/mol. The number of aromatic nitrogens is 4. The molecule has 3 aromatic heterocycles. The molecule has 5 heteroatoms. The average molecular weight is 643 g/mol. The molecule has 228 valence electrons. The van der Waals surface area contributed by atoms with Crippen LogP contribution in [0.5, 0.6) is 0 Å². The van der Waals surface area contributed by atoms with Crippen LogP contribution in [-0.2, 0) is 0 Å². The Morgan fingerprint density at radius 2 is 1.08 bits per heavy atom. The summed E-state index contributed by atoms with van der Waals surface area (Å²) in [6, 6.07) is 56.2. The van der Waals surface area contributed by atoms with Crippen LogP contribution < -0.4 is 0 Å². The van der Waals surface area contributed by atoms with Gasteiger partial charge in [0.15, 0.2) is 0 Å². The second-order valence-electron chi connectivity index (χ2n) is 12.6. The topological polar surface area (TPSA) is 35.6 Å². The lowest BCUT2D eigenvalue weighted by Gasteiger charge is -2.20. The van der Waals surface area contributed by atoms with Crippen molar-refractivity contribution in [3.05, 3.63) is 158 Å². The van der Waals surface area contributed by atoms with Crippen LogP contribution in [-0.4, -0.2) is 19.1 Å². The molecule has 4 nitrogen and oxygen atoms in total. The summed E-state index contributed by atoms with van der Waals surface area (Å²) in [7, 11) is 0. The Kier molecular flexibility index (Phi) is 5.57. The molecule has 0 spiro atoms. The van der Waals surface area contributed by atoms with E-state index >= 15 is 0 Å². The monoisotopic (exact) mass is 642 g/mol. The molecule has 0 aliphatic carbocycles. The Morgan fingerprint density at radius 3 is 1.94 bits per heavy atom. The minimum atomic E-state index is 0.668. The third-order valence-electron chi connectivity index (χ3n) is 9.90. The number of nitrogens with zero attached hydrogens (tertiary/aromatic N) is 4. The van der Waals surface area contributed by atoms with Crippen molar-refractivity contribution in [1.29, 1.82) is 0 Å². The summed E-state index contributed by atoms with van der Waals surface area (Å²) in [6.07, 6.45) is 0. The van der Waals surface area contributed by atoms with Gasteiger partial charge in [0, 0.05) is 42.3 Å². The lowest BCUT2D eigenvalue weighted by Crippen LogP contribution is -2.04. The van der Waals surface area contributed by atoms with Crippen molar-refractivity contribution in [2.75, 3.05) is 0 Å². The Balaban J connectivity index is 1.26. The van der Waals surface area contributed by atoms with E-state index in [0.717, 1.165) is 38.8 Å². The van der Waals surface area contributed by atoms with Crippen LogP contribution in [0.3, 0.4) is 0 Å². The van der Waals surface area contributed by atoms with Crippen molar-refractivity contribution in [3.8, 4) is 34.0 Å². The van der Waals surface area contributed by atoms with Crippen LogP contribution >= 0.6 is 11.8 Å². The minimum Gasteiger partial charge on any atom is -0.307 e. The van der Waals surface area contributed by atoms with Gasteiger partial charge in [-0.15, -0.1) is 0 Å². The van der Waals surface area contributed by atoms with Gasteiger partial charge in [-0.05, 0) is 53.6 Å². The summed E-state index contributed by atoms with van der Waals surface area (Å²) in [5.41, 5.74) is 11.2. The van der Waals surface area contributed by atoms with E-state index in [1.807, 2.05) is 11.8 Å². The minimum absolute atomic E-state index is 0.668. The Bertz CT molecular complexity index is 2970. The normalized spacial score (nSPS) is 12.4. The van der Waals surface area contributed by atoms with Crippen LogP contribution in [0.1, 0.15) is 0 Å². The van der Waals surface area contributed by atoms with Gasteiger partial charge in [-0.25, -0.2) is 9.97 Å². The van der Waals surface area contributed by atoms with E-state index in [2.05, 4.69) is 167 Å². The van der Waals surface area contributed by atoms with Crippen LogP contribution in [0.4, 0.5) is 0 Å². The fourth-order valence-corrected chi connectivity index (χ4v) is 8.94. The van der Waals surface area contributed by atoms with E-state index in [1.165, 1.54) is 53.6 Å². The predicted molar refractivity (Wildman–Crippen MR) is 203 cm³/mol. The molecule has 0 N–H and O–H groups in total. The number of hydrogen-bond donors (Lipinski definition) is 0. The maximum Gasteiger partial charge on any atom is 0.235 e. The third-order valence-corrected chi connectivity index (χ3v) is 11.0. The Labute approximate surface area is 285 Å². The summed E-state index contributed by atoms with van der Waals surface area (Å²) < 4.78 is 4.74. The number of fused-ring (bicyclic) bond motifs is 10. The van der Waals surface area contributed by atoms with Gasteiger partial charge in [-0.1, -0.05) is 127 Å². The first-order chi connectivity index (χ1) is 24.3. The molecule has 10 aromatic rings. The fraction of sp³-hybridized carbons (Fsp3) is 0. The van der Waals surface area contributed by atoms with Crippen LogP contribution in [0.2, 0.25) is 0 Å². The Morgan fingerprint density at radius 1 is 0.429 bits per heavy atom. The highest BCUT2D eigenvalue weighted by Crippen LogP contribution is 2.51. The average Bonchev–Trinajstić information content (AvgIpc) is 3.69. The van der Waals surface area contributed by atoms with Crippen LogP contribution in [0.15, 0.2) is 168 Å². The second kappa shape index (κ2) is 10.2. The molecule has 0 amide bonds. The van der Waals surface area contributed by atoms with E-state index < -0.39 is 0 Å². The number of hydrogen-bond acceptors (Lipinski definition) is 3. The number of rotatable bonds is 3. The van der Waals surface area contributed by atoms with Gasteiger partial charge < -0.3 is 4.57 Å². The summed E-state index contributed by atoms with van der Waals surface area (Å²) in [5.74, 6) is 0.668. The van der Waals surface area contributed by atoms with Gasteiger partial charge in [0.05, 0.1) is 39.0 Å². The zero-order valence-electron chi connectivity index (χ0n) is 26.2. The molecule has 0 unspecified atom stereocenters. The van der Waals surface area contributed by atoms with E-state index in [9.17, 15) is 0 Å². The van der Waals surface area contributed by atoms with Gasteiger partial charge in [-0.2, -0.15) is 0 Å². The maximum atomic E-state index is 5.44. The van der Waals surface area contributed by atoms with Gasteiger partial charge in [0.25, 0.3) is 0 Å². The van der Waals surface area contributed by atoms with Crippen molar-refractivity contribution < 1.29 is 0 Å². The summed E-state index contributed by atoms with van der Waals surface area (Å²) in [6.45, 7) is 0. The number of benzene rings is 7. The molecule has 0 radical (unpaired) electrons. The summed E-state index contributed by atoms with van der Waals surface area (Å²) in [4.78, 5) is 13.2. The van der Waals surface area contributed by atoms with Crippen molar-refractivity contribution in [2.24, 2.45) is 0 Å². The second-order valence-corrected chi connectivity index (χ2v) is 13.7. The summed E-state index contributed by atoms with van der Waals surface area (Å²) >= 11 is 1.85. The molecule has 0 atom stereocenters. The Hall–Kier alpha value is -6.17. The highest BCUT2D eigenvalue weighted by Gasteiger charge is 2.28. The molecule has 0 saturated heterocycles. The SMILES string of the molecule is c1ccc(-c2cccc(-c3nc(-n4c5ccccc5c5c6c7ccccc7n7c6c(cc54)Sc4ccccc4-7)nc4ccccc34)c2)cc1. The highest BCUT2D eigenvalue weighted by atomic mass is 32.2. The van der Waals surface area contributed by atoms with E-state index in [0.29, 0.717) is 5.95 Å². The summed E-state index contributed by atoms with van der Waals surface area (Å²) in [5, 5.41) is 5.98. The smallest absolute Gasteiger partial charge is 0.235 e. The van der Waals surface area contributed by atoms with Crippen LogP contribution in [0, 0.1) is 0 Å². The van der Waals surface area contributed by atoms with E-state index in [4.69, 9.17) is 9.97 Å². The van der Waals surface area contributed by atoms with Gasteiger partial charge in [0.2, 0.25) is 5.95 Å². The molecule has 4 heterocycles. The predicted octanol–water partition coefficient (Wildman–Crippen LogP) is 11.6. The maximum absolute atomic E-state index is 5.44. The van der Waals surface area contributed by atoms with E-state index in [1.54, 1.807) is 0 Å². The van der Waals surface area contributed by atoms with E-state index in [-0.39, 0.29) is 0 Å². The highest BCUT2D eigenvalue weighted by molar-refractivity contribution is 7.99. The van der Waals surface area contributed by atoms with Gasteiger partial charge in [-0.3, -0.25) is 4.57 Å². The molecule has 7 aromatic carbocycles. The molecule has 1 aliphatic heterocycles. The molecule has 49 heavy (non-hydrogen) atoms. The zero-order valence-corrected chi connectivity index (χ0v) is 27.0. The van der Waals surface area contributed by atoms with Crippen molar-refractivity contribution in [3.63, 3.8) is 0 Å². The van der Waals surface area contributed by atoms with Crippen molar-refractivity contribution >= 4 is 66.3 Å². The largest absolute Gasteiger partial charge is 0.307 e.